The van der Waals surface area contributed by atoms with Gasteiger partial charge in [0, 0.05) is 12.0 Å². The summed E-state index contributed by atoms with van der Waals surface area (Å²) >= 11 is 0. The molecule has 3 rings (SSSR count). The van der Waals surface area contributed by atoms with Crippen molar-refractivity contribution in [2.24, 2.45) is 10.8 Å². The van der Waals surface area contributed by atoms with E-state index in [1.807, 2.05) is 90.1 Å². The summed E-state index contributed by atoms with van der Waals surface area (Å²) in [5.74, 6) is 0.807. The van der Waals surface area contributed by atoms with Gasteiger partial charge in [0.1, 0.15) is 23.7 Å². The second-order valence-corrected chi connectivity index (χ2v) is 10.7. The molecule has 7 heteroatoms. The number of anilines is 1. The van der Waals surface area contributed by atoms with E-state index in [1.54, 1.807) is 7.11 Å². The lowest BCUT2D eigenvalue weighted by atomic mass is 9.71. The van der Waals surface area contributed by atoms with E-state index < -0.39 is 16.9 Å². The second kappa shape index (κ2) is 14.2. The van der Waals surface area contributed by atoms with Gasteiger partial charge in [-0.15, -0.1) is 0 Å². The Morgan fingerprint density at radius 2 is 1.66 bits per heavy atom. The molecule has 1 aliphatic heterocycles. The maximum Gasteiger partial charge on any atom is 0.311 e. The van der Waals surface area contributed by atoms with Crippen LogP contribution in [0.3, 0.4) is 0 Å². The highest BCUT2D eigenvalue weighted by Crippen LogP contribution is 2.40. The molecular formula is C31H45NO6. The largest absolute Gasteiger partial charge is 0.497 e. The number of para-hydroxylation sites is 2. The van der Waals surface area contributed by atoms with Crippen molar-refractivity contribution in [2.75, 3.05) is 26.1 Å². The van der Waals surface area contributed by atoms with E-state index in [4.69, 9.17) is 18.9 Å². The summed E-state index contributed by atoms with van der Waals surface area (Å²) in [6.07, 6.45) is 1.91. The van der Waals surface area contributed by atoms with Gasteiger partial charge in [0.2, 0.25) is 0 Å². The molecule has 0 bridgehead atoms. The zero-order valence-corrected chi connectivity index (χ0v) is 24.3. The number of carbonyl (C=O) groups excluding carboxylic acids is 2. The van der Waals surface area contributed by atoms with Crippen LogP contribution in [-0.2, 0) is 19.1 Å². The molecule has 2 unspecified atom stereocenters. The van der Waals surface area contributed by atoms with Crippen molar-refractivity contribution in [1.29, 1.82) is 0 Å². The van der Waals surface area contributed by atoms with Crippen LogP contribution in [-0.4, -0.2) is 38.8 Å². The van der Waals surface area contributed by atoms with E-state index in [0.29, 0.717) is 24.5 Å². The van der Waals surface area contributed by atoms with Crippen molar-refractivity contribution in [1.82, 2.24) is 0 Å². The molecule has 1 heterocycles. The monoisotopic (exact) mass is 527 g/mol. The highest BCUT2D eigenvalue weighted by atomic mass is 16.5. The fourth-order valence-electron chi connectivity index (χ4n) is 5.01. The van der Waals surface area contributed by atoms with Crippen LogP contribution in [0.2, 0.25) is 0 Å². The minimum atomic E-state index is -0.766. The van der Waals surface area contributed by atoms with Gasteiger partial charge in [-0.05, 0) is 69.4 Å². The van der Waals surface area contributed by atoms with Crippen molar-refractivity contribution in [3.05, 3.63) is 54.1 Å². The maximum atomic E-state index is 13.6. The summed E-state index contributed by atoms with van der Waals surface area (Å²) in [5.41, 5.74) is 0.225. The van der Waals surface area contributed by atoms with E-state index in [-0.39, 0.29) is 18.0 Å². The molecule has 7 nitrogen and oxygen atoms in total. The SMILES string of the molecule is CC.COC(=O)C(C)(C)CC(C)(C)C1OCCCCC(c2ccc(OC)cc2)Oc2ccccc2NC1=O. The highest BCUT2D eigenvalue weighted by molar-refractivity contribution is 5.96. The maximum absolute atomic E-state index is 13.6. The van der Waals surface area contributed by atoms with Gasteiger partial charge in [0.15, 0.2) is 0 Å². The number of amides is 1. The third-order valence-corrected chi connectivity index (χ3v) is 6.63. The zero-order valence-electron chi connectivity index (χ0n) is 24.3. The third-order valence-electron chi connectivity index (χ3n) is 6.63. The smallest absolute Gasteiger partial charge is 0.311 e. The van der Waals surface area contributed by atoms with E-state index in [1.165, 1.54) is 7.11 Å². The molecule has 0 fully saturated rings. The van der Waals surface area contributed by atoms with Crippen LogP contribution >= 0.6 is 0 Å². The van der Waals surface area contributed by atoms with E-state index in [9.17, 15) is 9.59 Å². The first-order valence-electron chi connectivity index (χ1n) is 13.5. The Balaban J connectivity index is 0.00000247. The first-order valence-corrected chi connectivity index (χ1v) is 13.5. The zero-order chi connectivity index (χ0) is 28.3. The highest BCUT2D eigenvalue weighted by Gasteiger charge is 2.43. The van der Waals surface area contributed by atoms with Gasteiger partial charge in [-0.1, -0.05) is 52.0 Å². The fraction of sp³-hybridized carbons (Fsp3) is 0.548. The normalized spacial score (nSPS) is 18.7. The van der Waals surface area contributed by atoms with Crippen molar-refractivity contribution in [3.63, 3.8) is 0 Å². The van der Waals surface area contributed by atoms with E-state index in [0.717, 1.165) is 30.6 Å². The Labute approximate surface area is 228 Å². The van der Waals surface area contributed by atoms with Gasteiger partial charge in [-0.2, -0.15) is 0 Å². The summed E-state index contributed by atoms with van der Waals surface area (Å²) < 4.78 is 23.0. The van der Waals surface area contributed by atoms with Gasteiger partial charge in [-0.3, -0.25) is 9.59 Å². The molecule has 0 saturated heterocycles. The molecule has 2 aromatic carbocycles. The first kappa shape index (κ1) is 31.2. The minimum Gasteiger partial charge on any atom is -0.497 e. The number of fused-ring (bicyclic) bond motifs is 1. The Kier molecular flexibility index (Phi) is 11.6. The number of benzene rings is 2. The Hall–Kier alpha value is -3.06. The van der Waals surface area contributed by atoms with Crippen LogP contribution in [0, 0.1) is 10.8 Å². The molecule has 38 heavy (non-hydrogen) atoms. The molecule has 0 saturated carbocycles. The average molecular weight is 528 g/mol. The third kappa shape index (κ3) is 8.22. The molecule has 1 amide bonds. The number of nitrogens with one attached hydrogen (secondary N) is 1. The molecule has 0 aliphatic carbocycles. The number of methoxy groups -OCH3 is 2. The lowest BCUT2D eigenvalue weighted by molar-refractivity contribution is -0.156. The Morgan fingerprint density at radius 3 is 2.29 bits per heavy atom. The van der Waals surface area contributed by atoms with Crippen LogP contribution in [0.15, 0.2) is 48.5 Å². The van der Waals surface area contributed by atoms with Gasteiger partial charge < -0.3 is 24.3 Å². The molecule has 2 atom stereocenters. The molecule has 210 valence electrons. The number of ether oxygens (including phenoxy) is 4. The Morgan fingerprint density at radius 1 is 1.00 bits per heavy atom. The van der Waals surface area contributed by atoms with Gasteiger partial charge in [-0.25, -0.2) is 0 Å². The summed E-state index contributed by atoms with van der Waals surface area (Å²) in [6.45, 7) is 12.0. The van der Waals surface area contributed by atoms with E-state index >= 15 is 0 Å². The quantitative estimate of drug-likeness (QED) is 0.409. The van der Waals surface area contributed by atoms with Crippen molar-refractivity contribution < 1.29 is 28.5 Å². The lowest BCUT2D eigenvalue weighted by Crippen LogP contribution is -2.46. The summed E-state index contributed by atoms with van der Waals surface area (Å²) in [7, 11) is 3.03. The van der Waals surface area contributed by atoms with Crippen LogP contribution in [0.4, 0.5) is 5.69 Å². The predicted molar refractivity (Wildman–Crippen MR) is 151 cm³/mol. The van der Waals surface area contributed by atoms with E-state index in [2.05, 4.69) is 5.32 Å². The van der Waals surface area contributed by atoms with Crippen LogP contribution in [0.5, 0.6) is 11.5 Å². The van der Waals surface area contributed by atoms with Crippen molar-refractivity contribution in [2.45, 2.75) is 79.4 Å². The van der Waals surface area contributed by atoms with Gasteiger partial charge in [0.05, 0.1) is 25.3 Å². The van der Waals surface area contributed by atoms with Crippen molar-refractivity contribution >= 4 is 17.6 Å². The average Bonchev–Trinajstić information content (AvgIpc) is 2.90. The number of rotatable bonds is 6. The molecule has 1 aliphatic rings. The van der Waals surface area contributed by atoms with Crippen molar-refractivity contribution in [3.8, 4) is 11.5 Å². The lowest BCUT2D eigenvalue weighted by Gasteiger charge is -2.38. The molecule has 0 radical (unpaired) electrons. The van der Waals surface area contributed by atoms with Crippen LogP contribution in [0.25, 0.3) is 0 Å². The fourth-order valence-corrected chi connectivity index (χ4v) is 5.01. The number of esters is 1. The van der Waals surface area contributed by atoms with Crippen LogP contribution in [0.1, 0.15) is 78.9 Å². The molecule has 0 spiro atoms. The second-order valence-electron chi connectivity index (χ2n) is 10.7. The predicted octanol–water partition coefficient (Wildman–Crippen LogP) is 6.96. The molecule has 1 N–H and O–H groups in total. The molecular weight excluding hydrogens is 482 g/mol. The topological polar surface area (TPSA) is 83.1 Å². The molecule has 0 aromatic heterocycles. The van der Waals surface area contributed by atoms with Crippen LogP contribution < -0.4 is 14.8 Å². The summed E-state index contributed by atoms with van der Waals surface area (Å²) in [4.78, 5) is 25.9. The minimum absolute atomic E-state index is 0.179. The Bertz CT molecular complexity index is 1030. The number of hydrogen-bond donors (Lipinski definition) is 1. The first-order chi connectivity index (χ1) is 18.1. The standard InChI is InChI=1S/C29H39NO6.C2H6/c1-28(2,19-29(3,4)27(32)34-6)25-26(31)30-22-11-7-8-13-24(22)36-23(12-9-10-18-35-25)20-14-16-21(33-5)17-15-20;1-2/h7-8,11,13-17,23,25H,9-10,12,18-19H2,1-6H3,(H,30,31);1-2H3. The molecule has 2 aromatic rings. The number of carbonyl (C=O) groups is 2. The number of hydrogen-bond acceptors (Lipinski definition) is 6. The summed E-state index contributed by atoms with van der Waals surface area (Å²) in [5, 5.41) is 3.03. The van der Waals surface area contributed by atoms with Gasteiger partial charge in [0.25, 0.3) is 5.91 Å². The van der Waals surface area contributed by atoms with Gasteiger partial charge >= 0.3 is 5.97 Å². The summed E-state index contributed by atoms with van der Waals surface area (Å²) in [6, 6.07) is 15.3.